The molecule has 1 aromatic rings. The van der Waals surface area contributed by atoms with Crippen molar-refractivity contribution in [2.45, 2.75) is 6.18 Å². The van der Waals surface area contributed by atoms with Gasteiger partial charge in [-0.2, -0.15) is 13.2 Å². The van der Waals surface area contributed by atoms with E-state index in [1.807, 2.05) is 0 Å². The van der Waals surface area contributed by atoms with Crippen LogP contribution in [0.2, 0.25) is 0 Å². The fourth-order valence-corrected chi connectivity index (χ4v) is 1.12. The zero-order valence-electron chi connectivity index (χ0n) is 6.47. The summed E-state index contributed by atoms with van der Waals surface area (Å²) < 4.78 is 37.9. The number of hydrogen-bond acceptors (Lipinski definition) is 2. The van der Waals surface area contributed by atoms with Crippen LogP contribution in [0.4, 0.5) is 19.1 Å². The maximum absolute atomic E-state index is 12.2. The third-order valence-electron chi connectivity index (χ3n) is 1.76. The van der Waals surface area contributed by atoms with Gasteiger partial charge in [0.05, 0.1) is 5.57 Å². The van der Waals surface area contributed by atoms with Crippen molar-refractivity contribution in [3.63, 3.8) is 0 Å². The molecule has 0 atom stereocenters. The van der Waals surface area contributed by atoms with Crippen molar-refractivity contribution in [2.75, 3.05) is 11.9 Å². The van der Waals surface area contributed by atoms with E-state index in [2.05, 4.69) is 10.3 Å². The van der Waals surface area contributed by atoms with Crippen LogP contribution in [0.25, 0.3) is 6.20 Å². The second-order valence-corrected chi connectivity index (χ2v) is 2.66. The Morgan fingerprint density at radius 3 is 2.92 bits per heavy atom. The molecule has 1 aliphatic heterocycles. The van der Waals surface area contributed by atoms with Gasteiger partial charge >= 0.3 is 6.18 Å². The highest BCUT2D eigenvalue weighted by Crippen LogP contribution is 2.28. The smallest absolute Gasteiger partial charge is 0.351 e. The highest BCUT2D eigenvalue weighted by atomic mass is 19.4. The number of halogens is 3. The van der Waals surface area contributed by atoms with Crippen molar-refractivity contribution in [1.29, 1.82) is 0 Å². The van der Waals surface area contributed by atoms with Crippen LogP contribution in [-0.2, 0) is 0 Å². The van der Waals surface area contributed by atoms with E-state index in [1.165, 1.54) is 17.0 Å². The van der Waals surface area contributed by atoms with Crippen molar-refractivity contribution in [3.05, 3.63) is 18.0 Å². The Balaban J connectivity index is 2.38. The van der Waals surface area contributed by atoms with E-state index in [0.29, 0.717) is 5.95 Å². The van der Waals surface area contributed by atoms with E-state index in [0.717, 1.165) is 6.20 Å². The lowest BCUT2D eigenvalue weighted by Crippen LogP contribution is -2.24. The molecule has 0 saturated heterocycles. The molecule has 0 amide bonds. The number of nitrogens with one attached hydrogen (secondary N) is 1. The summed E-state index contributed by atoms with van der Waals surface area (Å²) >= 11 is 0. The SMILES string of the molecule is FC(F)(F)C1=Cn2ccnc2NC1. The first-order valence-corrected chi connectivity index (χ1v) is 3.62. The van der Waals surface area contributed by atoms with Gasteiger partial charge in [-0.25, -0.2) is 4.98 Å². The minimum absolute atomic E-state index is 0.222. The fourth-order valence-electron chi connectivity index (χ4n) is 1.12. The van der Waals surface area contributed by atoms with Crippen LogP contribution in [0, 0.1) is 0 Å². The molecule has 2 heterocycles. The van der Waals surface area contributed by atoms with Crippen LogP contribution >= 0.6 is 0 Å². The molecule has 1 N–H and O–H groups in total. The van der Waals surface area contributed by atoms with Gasteiger partial charge in [-0.1, -0.05) is 0 Å². The number of alkyl halides is 3. The maximum Gasteiger partial charge on any atom is 0.415 e. The summed E-state index contributed by atoms with van der Waals surface area (Å²) in [5.74, 6) is 0.438. The van der Waals surface area contributed by atoms with Crippen LogP contribution in [0.15, 0.2) is 18.0 Å². The Morgan fingerprint density at radius 1 is 1.46 bits per heavy atom. The minimum atomic E-state index is -4.27. The number of nitrogens with zero attached hydrogens (tertiary/aromatic N) is 2. The van der Waals surface area contributed by atoms with Gasteiger partial charge in [0.15, 0.2) is 0 Å². The second kappa shape index (κ2) is 2.51. The summed E-state index contributed by atoms with van der Waals surface area (Å²) in [5.41, 5.74) is -0.599. The molecule has 0 saturated carbocycles. The monoisotopic (exact) mass is 189 g/mol. The Kier molecular flexibility index (Phi) is 1.58. The van der Waals surface area contributed by atoms with E-state index >= 15 is 0 Å². The Hall–Kier alpha value is -1.46. The lowest BCUT2D eigenvalue weighted by molar-refractivity contribution is -0.0912. The lowest BCUT2D eigenvalue weighted by atomic mass is 10.2. The second-order valence-electron chi connectivity index (χ2n) is 2.66. The van der Waals surface area contributed by atoms with E-state index in [-0.39, 0.29) is 6.54 Å². The number of imidazole rings is 1. The Morgan fingerprint density at radius 2 is 2.23 bits per heavy atom. The molecule has 0 aromatic carbocycles. The van der Waals surface area contributed by atoms with Crippen LogP contribution in [0.3, 0.4) is 0 Å². The topological polar surface area (TPSA) is 29.9 Å². The van der Waals surface area contributed by atoms with Gasteiger partial charge in [-0.15, -0.1) is 0 Å². The molecule has 1 aliphatic rings. The molecule has 1 aromatic heterocycles. The molecule has 0 spiro atoms. The summed E-state index contributed by atoms with van der Waals surface area (Å²) in [4.78, 5) is 3.81. The predicted octanol–water partition coefficient (Wildman–Crippen LogP) is 1.71. The molecule has 2 rings (SSSR count). The number of aromatic nitrogens is 2. The highest BCUT2D eigenvalue weighted by molar-refractivity contribution is 5.50. The first kappa shape index (κ1) is 8.15. The van der Waals surface area contributed by atoms with Crippen molar-refractivity contribution in [3.8, 4) is 0 Å². The lowest BCUT2D eigenvalue weighted by Gasteiger charge is -2.18. The first-order chi connectivity index (χ1) is 6.07. The normalized spacial score (nSPS) is 16.1. The molecule has 3 nitrogen and oxygen atoms in total. The van der Waals surface area contributed by atoms with Crippen molar-refractivity contribution in [2.24, 2.45) is 0 Å². The van der Waals surface area contributed by atoms with E-state index in [4.69, 9.17) is 0 Å². The minimum Gasteiger partial charge on any atom is -0.351 e. The third-order valence-corrected chi connectivity index (χ3v) is 1.76. The standard InChI is InChI=1S/C7H6F3N3/c8-7(9,10)5-3-12-6-11-1-2-13(6)4-5/h1-2,4H,3H2,(H,11,12). The molecular weight excluding hydrogens is 183 g/mol. The summed E-state index contributed by atoms with van der Waals surface area (Å²) in [6.45, 7) is -0.222. The van der Waals surface area contributed by atoms with Crippen LogP contribution in [0.5, 0.6) is 0 Å². The van der Waals surface area contributed by atoms with Gasteiger partial charge in [0.25, 0.3) is 0 Å². The summed E-state index contributed by atoms with van der Waals surface area (Å²) in [6.07, 6.45) is -0.320. The fraction of sp³-hybridized carbons (Fsp3) is 0.286. The quantitative estimate of drug-likeness (QED) is 0.673. The first-order valence-electron chi connectivity index (χ1n) is 3.62. The van der Waals surface area contributed by atoms with E-state index < -0.39 is 11.7 Å². The van der Waals surface area contributed by atoms with Gasteiger partial charge < -0.3 is 5.32 Å². The zero-order chi connectivity index (χ0) is 9.47. The van der Waals surface area contributed by atoms with Gasteiger partial charge in [0.2, 0.25) is 5.95 Å². The molecule has 0 bridgehead atoms. The van der Waals surface area contributed by atoms with Crippen LogP contribution in [0.1, 0.15) is 0 Å². The van der Waals surface area contributed by atoms with E-state index in [9.17, 15) is 13.2 Å². The number of fused-ring (bicyclic) bond motifs is 1. The number of rotatable bonds is 0. The van der Waals surface area contributed by atoms with Gasteiger partial charge in [-0.3, -0.25) is 4.57 Å². The van der Waals surface area contributed by atoms with Crippen LogP contribution < -0.4 is 5.32 Å². The molecule has 70 valence electrons. The van der Waals surface area contributed by atoms with Crippen molar-refractivity contribution < 1.29 is 13.2 Å². The third kappa shape index (κ3) is 1.39. The molecule has 6 heteroatoms. The van der Waals surface area contributed by atoms with E-state index in [1.54, 1.807) is 0 Å². The summed E-state index contributed by atoms with van der Waals surface area (Å²) in [6, 6.07) is 0. The molecular formula is C7H6F3N3. The number of hydrogen-bond donors (Lipinski definition) is 1. The molecule has 0 aliphatic carbocycles. The Labute approximate surface area is 71.9 Å². The molecule has 0 fully saturated rings. The zero-order valence-corrected chi connectivity index (χ0v) is 6.47. The summed E-state index contributed by atoms with van der Waals surface area (Å²) in [5, 5.41) is 2.56. The predicted molar refractivity (Wildman–Crippen MR) is 41.0 cm³/mol. The molecule has 0 radical (unpaired) electrons. The van der Waals surface area contributed by atoms with Gasteiger partial charge in [0, 0.05) is 25.1 Å². The van der Waals surface area contributed by atoms with Gasteiger partial charge in [-0.05, 0) is 0 Å². The molecule has 0 unspecified atom stereocenters. The Bertz CT molecular complexity index is 350. The van der Waals surface area contributed by atoms with Crippen molar-refractivity contribution >= 4 is 12.1 Å². The van der Waals surface area contributed by atoms with Crippen LogP contribution in [-0.4, -0.2) is 22.3 Å². The summed E-state index contributed by atoms with van der Waals surface area (Å²) in [7, 11) is 0. The largest absolute Gasteiger partial charge is 0.415 e. The average Bonchev–Trinajstić information content (AvgIpc) is 2.47. The average molecular weight is 189 g/mol. The highest BCUT2D eigenvalue weighted by Gasteiger charge is 2.35. The maximum atomic E-state index is 12.2. The molecule has 13 heavy (non-hydrogen) atoms. The van der Waals surface area contributed by atoms with Gasteiger partial charge in [0.1, 0.15) is 0 Å². The van der Waals surface area contributed by atoms with Crippen molar-refractivity contribution in [1.82, 2.24) is 9.55 Å². The number of anilines is 1.